The Morgan fingerprint density at radius 2 is 1.87 bits per heavy atom. The molecule has 0 amide bonds. The number of hydrogen-bond donors (Lipinski definition) is 3. The van der Waals surface area contributed by atoms with Gasteiger partial charge in [0.25, 0.3) is 0 Å². The van der Waals surface area contributed by atoms with Gasteiger partial charge in [-0.25, -0.2) is 0 Å². The molecule has 3 nitrogen and oxygen atoms in total. The van der Waals surface area contributed by atoms with Crippen molar-refractivity contribution >= 4 is 0 Å². The van der Waals surface area contributed by atoms with Crippen LogP contribution in [0.1, 0.15) is 18.4 Å². The molecule has 84 valence electrons. The van der Waals surface area contributed by atoms with Gasteiger partial charge in [-0.05, 0) is 30.7 Å². The summed E-state index contributed by atoms with van der Waals surface area (Å²) in [5.41, 5.74) is 6.57. The molecule has 0 heterocycles. The second kappa shape index (κ2) is 6.56. The SMILES string of the molecule is NC(O)CC(CCO)Cc1ccccc1. The van der Waals surface area contributed by atoms with Gasteiger partial charge in [-0.1, -0.05) is 30.3 Å². The number of nitrogens with two attached hydrogens (primary N) is 1. The lowest BCUT2D eigenvalue weighted by molar-refractivity contribution is 0.137. The van der Waals surface area contributed by atoms with E-state index < -0.39 is 6.23 Å². The number of aliphatic hydroxyl groups is 2. The van der Waals surface area contributed by atoms with Crippen LogP contribution in [0.3, 0.4) is 0 Å². The molecule has 0 spiro atoms. The summed E-state index contributed by atoms with van der Waals surface area (Å²) in [6.07, 6.45) is 1.29. The van der Waals surface area contributed by atoms with Crippen LogP contribution >= 0.6 is 0 Å². The molecular weight excluding hydrogens is 190 g/mol. The van der Waals surface area contributed by atoms with Crippen molar-refractivity contribution in [3.05, 3.63) is 35.9 Å². The lowest BCUT2D eigenvalue weighted by Crippen LogP contribution is -2.24. The molecule has 0 aromatic heterocycles. The maximum Gasteiger partial charge on any atom is 0.102 e. The number of rotatable bonds is 6. The van der Waals surface area contributed by atoms with Gasteiger partial charge in [-0.3, -0.25) is 0 Å². The van der Waals surface area contributed by atoms with Gasteiger partial charge in [0.1, 0.15) is 6.23 Å². The van der Waals surface area contributed by atoms with E-state index in [1.54, 1.807) is 0 Å². The van der Waals surface area contributed by atoms with Crippen molar-refractivity contribution in [1.29, 1.82) is 0 Å². The highest BCUT2D eigenvalue weighted by Gasteiger charge is 2.12. The van der Waals surface area contributed by atoms with E-state index >= 15 is 0 Å². The molecule has 2 atom stereocenters. The average molecular weight is 209 g/mol. The third-order valence-electron chi connectivity index (χ3n) is 2.48. The first-order valence-electron chi connectivity index (χ1n) is 5.30. The highest BCUT2D eigenvalue weighted by atomic mass is 16.3. The molecular formula is C12H19NO2. The molecule has 4 N–H and O–H groups in total. The molecule has 0 radical (unpaired) electrons. The fourth-order valence-corrected chi connectivity index (χ4v) is 1.77. The highest BCUT2D eigenvalue weighted by molar-refractivity contribution is 5.15. The van der Waals surface area contributed by atoms with E-state index in [1.807, 2.05) is 30.3 Å². The van der Waals surface area contributed by atoms with Crippen molar-refractivity contribution in [2.24, 2.45) is 11.7 Å². The van der Waals surface area contributed by atoms with E-state index in [1.165, 1.54) is 5.56 Å². The van der Waals surface area contributed by atoms with Gasteiger partial charge in [0.15, 0.2) is 0 Å². The molecule has 3 heteroatoms. The minimum absolute atomic E-state index is 0.143. The van der Waals surface area contributed by atoms with Crippen LogP contribution < -0.4 is 5.73 Å². The molecule has 1 rings (SSSR count). The van der Waals surface area contributed by atoms with Gasteiger partial charge in [-0.2, -0.15) is 0 Å². The summed E-state index contributed by atoms with van der Waals surface area (Å²) < 4.78 is 0. The minimum atomic E-state index is -0.787. The third-order valence-corrected chi connectivity index (χ3v) is 2.48. The fraction of sp³-hybridized carbons (Fsp3) is 0.500. The maximum absolute atomic E-state index is 9.12. The van der Waals surface area contributed by atoms with Gasteiger partial charge < -0.3 is 15.9 Å². The summed E-state index contributed by atoms with van der Waals surface area (Å²) in [5.74, 6) is 0.248. The third kappa shape index (κ3) is 4.93. The first-order chi connectivity index (χ1) is 7.22. The standard InChI is InChI=1S/C12H19NO2/c13-12(15)9-11(6-7-14)8-10-4-2-1-3-5-10/h1-5,11-12,14-15H,6-9,13H2. The normalized spacial score (nSPS) is 14.9. The molecule has 1 aromatic rings. The van der Waals surface area contributed by atoms with Crippen LogP contribution in [-0.4, -0.2) is 23.0 Å². The summed E-state index contributed by atoms with van der Waals surface area (Å²) in [4.78, 5) is 0. The van der Waals surface area contributed by atoms with E-state index in [2.05, 4.69) is 0 Å². The smallest absolute Gasteiger partial charge is 0.102 e. The van der Waals surface area contributed by atoms with Crippen molar-refractivity contribution < 1.29 is 10.2 Å². The van der Waals surface area contributed by atoms with Crippen LogP contribution in [0.15, 0.2) is 30.3 Å². The number of aliphatic hydroxyl groups excluding tert-OH is 2. The summed E-state index contributed by atoms with van der Waals surface area (Å²) >= 11 is 0. The highest BCUT2D eigenvalue weighted by Crippen LogP contribution is 2.16. The molecule has 0 aliphatic rings. The topological polar surface area (TPSA) is 66.5 Å². The van der Waals surface area contributed by atoms with E-state index in [-0.39, 0.29) is 12.5 Å². The largest absolute Gasteiger partial charge is 0.396 e. The summed E-state index contributed by atoms with van der Waals surface area (Å²) in [7, 11) is 0. The van der Waals surface area contributed by atoms with Crippen LogP contribution in [0, 0.1) is 5.92 Å². The maximum atomic E-state index is 9.12. The molecule has 1 aromatic carbocycles. The zero-order valence-electron chi connectivity index (χ0n) is 8.84. The first kappa shape index (κ1) is 12.2. The van der Waals surface area contributed by atoms with E-state index in [0.717, 1.165) is 6.42 Å². The second-order valence-corrected chi connectivity index (χ2v) is 3.87. The van der Waals surface area contributed by atoms with Crippen LogP contribution in [0.2, 0.25) is 0 Å². The predicted octanol–water partition coefficient (Wildman–Crippen LogP) is 0.895. The Kier molecular flexibility index (Phi) is 5.32. The van der Waals surface area contributed by atoms with Crippen LogP contribution in [0.4, 0.5) is 0 Å². The molecule has 2 unspecified atom stereocenters. The lowest BCUT2D eigenvalue weighted by Gasteiger charge is -2.17. The van der Waals surface area contributed by atoms with Crippen molar-refractivity contribution in [3.8, 4) is 0 Å². The summed E-state index contributed by atoms with van der Waals surface area (Å²) in [6.45, 7) is 0.143. The van der Waals surface area contributed by atoms with Gasteiger partial charge >= 0.3 is 0 Å². The van der Waals surface area contributed by atoms with Crippen LogP contribution in [0.5, 0.6) is 0 Å². The van der Waals surface area contributed by atoms with E-state index in [9.17, 15) is 0 Å². The fourth-order valence-electron chi connectivity index (χ4n) is 1.77. The predicted molar refractivity (Wildman–Crippen MR) is 60.2 cm³/mol. The first-order valence-corrected chi connectivity index (χ1v) is 5.30. The Morgan fingerprint density at radius 1 is 1.20 bits per heavy atom. The second-order valence-electron chi connectivity index (χ2n) is 3.87. The molecule has 0 bridgehead atoms. The molecule has 0 aliphatic carbocycles. The zero-order valence-corrected chi connectivity index (χ0v) is 8.84. The molecule has 0 aliphatic heterocycles. The Morgan fingerprint density at radius 3 is 2.40 bits per heavy atom. The Balaban J connectivity index is 2.50. The zero-order chi connectivity index (χ0) is 11.1. The molecule has 0 fully saturated rings. The van der Waals surface area contributed by atoms with Crippen molar-refractivity contribution in [2.45, 2.75) is 25.5 Å². The molecule has 0 saturated carbocycles. The monoisotopic (exact) mass is 209 g/mol. The lowest BCUT2D eigenvalue weighted by atomic mass is 9.93. The van der Waals surface area contributed by atoms with Crippen LogP contribution in [-0.2, 0) is 6.42 Å². The minimum Gasteiger partial charge on any atom is -0.396 e. The summed E-state index contributed by atoms with van der Waals surface area (Å²) in [5, 5.41) is 18.0. The van der Waals surface area contributed by atoms with Crippen LogP contribution in [0.25, 0.3) is 0 Å². The Hall–Kier alpha value is -0.900. The Bertz CT molecular complexity index is 262. The van der Waals surface area contributed by atoms with Gasteiger partial charge in [0, 0.05) is 6.61 Å². The van der Waals surface area contributed by atoms with Gasteiger partial charge in [0.05, 0.1) is 0 Å². The summed E-state index contributed by atoms with van der Waals surface area (Å²) in [6, 6.07) is 10.1. The van der Waals surface area contributed by atoms with E-state index in [4.69, 9.17) is 15.9 Å². The molecule has 15 heavy (non-hydrogen) atoms. The number of benzene rings is 1. The van der Waals surface area contributed by atoms with Gasteiger partial charge in [0.2, 0.25) is 0 Å². The Labute approximate surface area is 90.5 Å². The quantitative estimate of drug-likeness (QED) is 0.610. The van der Waals surface area contributed by atoms with Crippen molar-refractivity contribution in [1.82, 2.24) is 0 Å². The van der Waals surface area contributed by atoms with Crippen molar-refractivity contribution in [2.75, 3.05) is 6.61 Å². The number of hydrogen-bond acceptors (Lipinski definition) is 3. The molecule has 0 saturated heterocycles. The van der Waals surface area contributed by atoms with E-state index in [0.29, 0.717) is 12.8 Å². The van der Waals surface area contributed by atoms with Gasteiger partial charge in [-0.15, -0.1) is 0 Å². The average Bonchev–Trinajstić information content (AvgIpc) is 2.18. The van der Waals surface area contributed by atoms with Crippen molar-refractivity contribution in [3.63, 3.8) is 0 Å².